The Morgan fingerprint density at radius 3 is 2.63 bits per heavy atom. The molecule has 1 aliphatic heterocycles. The third kappa shape index (κ3) is 3.67. The molecule has 19 heavy (non-hydrogen) atoms. The van der Waals surface area contributed by atoms with E-state index < -0.39 is 5.82 Å². The van der Waals surface area contributed by atoms with Crippen LogP contribution < -0.4 is 5.32 Å². The van der Waals surface area contributed by atoms with Crippen LogP contribution in [-0.2, 0) is 0 Å². The second-order valence-electron chi connectivity index (χ2n) is 5.43. The first-order valence-electron chi connectivity index (χ1n) is 7.04. The molecule has 2 N–H and O–H groups in total. The zero-order chi connectivity index (χ0) is 13.8. The lowest BCUT2D eigenvalue weighted by atomic mass is 10.1. The summed E-state index contributed by atoms with van der Waals surface area (Å²) in [5.74, 6) is -0.382. The van der Waals surface area contributed by atoms with Crippen molar-refractivity contribution in [3.8, 4) is 5.75 Å². The van der Waals surface area contributed by atoms with Gasteiger partial charge in [0, 0.05) is 30.3 Å². The second kappa shape index (κ2) is 6.35. The molecule has 0 bridgehead atoms. The Labute approximate surface area is 114 Å². The molecule has 0 aromatic heterocycles. The number of phenolic OH excluding ortho intramolecular Hbond substituents is 1. The van der Waals surface area contributed by atoms with Gasteiger partial charge in [-0.3, -0.25) is 4.90 Å². The molecule has 0 spiro atoms. The van der Waals surface area contributed by atoms with Gasteiger partial charge in [-0.25, -0.2) is 4.39 Å². The lowest BCUT2D eigenvalue weighted by molar-refractivity contribution is 0.246. The SMILES string of the molecule is CC(NCC(C)N1CCCC1)c1ccc(F)cc1O. The third-order valence-electron chi connectivity index (χ3n) is 3.94. The largest absolute Gasteiger partial charge is 0.508 e. The fourth-order valence-electron chi connectivity index (χ4n) is 2.65. The van der Waals surface area contributed by atoms with Crippen molar-refractivity contribution >= 4 is 0 Å². The number of nitrogens with zero attached hydrogens (tertiary/aromatic N) is 1. The van der Waals surface area contributed by atoms with Crippen molar-refractivity contribution in [2.24, 2.45) is 0 Å². The minimum atomic E-state index is -0.404. The van der Waals surface area contributed by atoms with E-state index in [1.165, 1.54) is 32.0 Å². The van der Waals surface area contributed by atoms with Gasteiger partial charge in [0.1, 0.15) is 11.6 Å². The summed E-state index contributed by atoms with van der Waals surface area (Å²) in [6.07, 6.45) is 2.58. The standard InChI is InChI=1S/C15H23FN2O/c1-11(18-7-3-4-8-18)10-17-12(2)14-6-5-13(16)9-15(14)19/h5-6,9,11-12,17,19H,3-4,7-8,10H2,1-2H3. The van der Waals surface area contributed by atoms with Crippen LogP contribution >= 0.6 is 0 Å². The van der Waals surface area contributed by atoms with Crippen molar-refractivity contribution in [1.29, 1.82) is 0 Å². The van der Waals surface area contributed by atoms with Crippen LogP contribution in [0.5, 0.6) is 5.75 Å². The van der Waals surface area contributed by atoms with Gasteiger partial charge in [-0.1, -0.05) is 6.07 Å². The van der Waals surface area contributed by atoms with Crippen molar-refractivity contribution in [2.45, 2.75) is 38.8 Å². The van der Waals surface area contributed by atoms with Crippen molar-refractivity contribution in [3.05, 3.63) is 29.6 Å². The number of likely N-dealkylation sites (tertiary alicyclic amines) is 1. The van der Waals surface area contributed by atoms with E-state index in [0.717, 1.165) is 18.2 Å². The number of hydrogen-bond acceptors (Lipinski definition) is 3. The lowest BCUT2D eigenvalue weighted by Crippen LogP contribution is -2.39. The molecule has 2 atom stereocenters. The van der Waals surface area contributed by atoms with Gasteiger partial charge in [0.15, 0.2) is 0 Å². The fourth-order valence-corrected chi connectivity index (χ4v) is 2.65. The van der Waals surface area contributed by atoms with E-state index in [4.69, 9.17) is 0 Å². The molecule has 1 saturated heterocycles. The van der Waals surface area contributed by atoms with Gasteiger partial charge in [-0.15, -0.1) is 0 Å². The molecule has 1 heterocycles. The Balaban J connectivity index is 1.88. The number of rotatable bonds is 5. The second-order valence-corrected chi connectivity index (χ2v) is 5.43. The highest BCUT2D eigenvalue weighted by molar-refractivity contribution is 5.34. The van der Waals surface area contributed by atoms with E-state index in [-0.39, 0.29) is 11.8 Å². The monoisotopic (exact) mass is 266 g/mol. The maximum Gasteiger partial charge on any atom is 0.126 e. The number of aromatic hydroxyl groups is 1. The van der Waals surface area contributed by atoms with E-state index in [0.29, 0.717) is 6.04 Å². The molecule has 2 unspecified atom stereocenters. The summed E-state index contributed by atoms with van der Waals surface area (Å²) in [4.78, 5) is 2.48. The normalized spacial score (nSPS) is 19.5. The smallest absolute Gasteiger partial charge is 0.126 e. The summed E-state index contributed by atoms with van der Waals surface area (Å²) in [5.41, 5.74) is 0.745. The molecule has 1 aromatic rings. The summed E-state index contributed by atoms with van der Waals surface area (Å²) in [5, 5.41) is 13.2. The molecule has 2 rings (SSSR count). The highest BCUT2D eigenvalue weighted by Crippen LogP contribution is 2.24. The van der Waals surface area contributed by atoms with Gasteiger partial charge in [-0.05, 0) is 45.8 Å². The molecule has 3 nitrogen and oxygen atoms in total. The Morgan fingerprint density at radius 2 is 2.00 bits per heavy atom. The first kappa shape index (κ1) is 14.3. The Hall–Kier alpha value is -1.13. The molecule has 106 valence electrons. The number of phenols is 1. The van der Waals surface area contributed by atoms with Crippen LogP contribution in [0.3, 0.4) is 0 Å². The highest BCUT2D eigenvalue weighted by atomic mass is 19.1. The predicted molar refractivity (Wildman–Crippen MR) is 74.8 cm³/mol. The van der Waals surface area contributed by atoms with Crippen LogP contribution in [0, 0.1) is 5.82 Å². The molecule has 1 aliphatic rings. The van der Waals surface area contributed by atoms with Crippen LogP contribution in [0.1, 0.15) is 38.3 Å². The Kier molecular flexibility index (Phi) is 4.77. The zero-order valence-corrected chi connectivity index (χ0v) is 11.7. The van der Waals surface area contributed by atoms with Gasteiger partial charge in [0.2, 0.25) is 0 Å². The first-order chi connectivity index (χ1) is 9.08. The average molecular weight is 266 g/mol. The zero-order valence-electron chi connectivity index (χ0n) is 11.7. The number of halogens is 1. The quantitative estimate of drug-likeness (QED) is 0.860. The van der Waals surface area contributed by atoms with Crippen LogP contribution in [-0.4, -0.2) is 35.7 Å². The molecule has 0 radical (unpaired) electrons. The van der Waals surface area contributed by atoms with Crippen molar-refractivity contribution in [3.63, 3.8) is 0 Å². The molecule has 0 aliphatic carbocycles. The summed E-state index contributed by atoms with van der Waals surface area (Å²) in [6, 6.07) is 4.70. The predicted octanol–water partition coefficient (Wildman–Crippen LogP) is 2.67. The van der Waals surface area contributed by atoms with E-state index in [1.807, 2.05) is 6.92 Å². The molecular formula is C15H23FN2O. The summed E-state index contributed by atoms with van der Waals surface area (Å²) < 4.78 is 12.9. The van der Waals surface area contributed by atoms with Gasteiger partial charge in [0.25, 0.3) is 0 Å². The van der Waals surface area contributed by atoms with Crippen molar-refractivity contribution < 1.29 is 9.50 Å². The van der Waals surface area contributed by atoms with Crippen LogP contribution in [0.25, 0.3) is 0 Å². The van der Waals surface area contributed by atoms with Crippen molar-refractivity contribution in [2.75, 3.05) is 19.6 Å². The molecule has 4 heteroatoms. The number of hydrogen-bond donors (Lipinski definition) is 2. The summed E-state index contributed by atoms with van der Waals surface area (Å²) in [7, 11) is 0. The van der Waals surface area contributed by atoms with Gasteiger partial charge < -0.3 is 10.4 Å². The van der Waals surface area contributed by atoms with Crippen LogP contribution in [0.15, 0.2) is 18.2 Å². The van der Waals surface area contributed by atoms with Crippen LogP contribution in [0.4, 0.5) is 4.39 Å². The number of nitrogens with one attached hydrogen (secondary N) is 1. The van der Waals surface area contributed by atoms with E-state index >= 15 is 0 Å². The van der Waals surface area contributed by atoms with Gasteiger partial charge in [-0.2, -0.15) is 0 Å². The minimum Gasteiger partial charge on any atom is -0.508 e. The summed E-state index contributed by atoms with van der Waals surface area (Å²) in [6.45, 7) is 7.44. The van der Waals surface area contributed by atoms with E-state index in [9.17, 15) is 9.50 Å². The summed E-state index contributed by atoms with van der Waals surface area (Å²) >= 11 is 0. The Morgan fingerprint density at radius 1 is 1.32 bits per heavy atom. The molecular weight excluding hydrogens is 243 g/mol. The van der Waals surface area contributed by atoms with E-state index in [1.54, 1.807) is 6.07 Å². The number of benzene rings is 1. The third-order valence-corrected chi connectivity index (χ3v) is 3.94. The lowest BCUT2D eigenvalue weighted by Gasteiger charge is -2.26. The van der Waals surface area contributed by atoms with Crippen molar-refractivity contribution in [1.82, 2.24) is 10.2 Å². The van der Waals surface area contributed by atoms with Gasteiger partial charge >= 0.3 is 0 Å². The topological polar surface area (TPSA) is 35.5 Å². The maximum atomic E-state index is 12.9. The molecule has 0 amide bonds. The molecule has 1 fully saturated rings. The fraction of sp³-hybridized carbons (Fsp3) is 0.600. The maximum absolute atomic E-state index is 12.9. The van der Waals surface area contributed by atoms with Crippen LogP contribution in [0.2, 0.25) is 0 Å². The highest BCUT2D eigenvalue weighted by Gasteiger charge is 2.19. The van der Waals surface area contributed by atoms with E-state index in [2.05, 4.69) is 17.1 Å². The van der Waals surface area contributed by atoms with Gasteiger partial charge in [0.05, 0.1) is 0 Å². The molecule has 0 saturated carbocycles. The molecule has 1 aromatic carbocycles. The minimum absolute atomic E-state index is 0.0191. The average Bonchev–Trinajstić information content (AvgIpc) is 2.89. The first-order valence-corrected chi connectivity index (χ1v) is 7.04. The Bertz CT molecular complexity index is 419.